The Morgan fingerprint density at radius 1 is 0.929 bits per heavy atom. The van der Waals surface area contributed by atoms with E-state index in [9.17, 15) is 4.79 Å². The first kappa shape index (κ1) is 19.6. The lowest BCUT2D eigenvalue weighted by Crippen LogP contribution is -2.06. The first-order valence-electron chi connectivity index (χ1n) is 9.29. The van der Waals surface area contributed by atoms with Gasteiger partial charge in [-0.3, -0.25) is 0 Å². The van der Waals surface area contributed by atoms with Crippen LogP contribution in [-0.2, 0) is 22.6 Å². The summed E-state index contributed by atoms with van der Waals surface area (Å²) in [5.74, 6) is -0.391. The molecule has 0 amide bonds. The lowest BCUT2D eigenvalue weighted by Gasteiger charge is -2.13. The number of hydrogen-bond donors (Lipinski definition) is 1. The van der Waals surface area contributed by atoms with Gasteiger partial charge in [0.25, 0.3) is 0 Å². The zero-order valence-electron chi connectivity index (χ0n) is 16.0. The van der Waals surface area contributed by atoms with Gasteiger partial charge in [0.15, 0.2) is 0 Å². The molecule has 3 aromatic rings. The molecule has 0 bridgehead atoms. The number of ether oxygens (including phenoxy) is 1. The Hall–Kier alpha value is -3.17. The summed E-state index contributed by atoms with van der Waals surface area (Å²) >= 11 is 0. The molecule has 142 valence electrons. The van der Waals surface area contributed by atoms with E-state index in [-0.39, 0.29) is 13.2 Å². The molecular formula is C25H24O3. The monoisotopic (exact) mass is 372 g/mol. The number of rotatable bonds is 7. The van der Waals surface area contributed by atoms with Gasteiger partial charge < -0.3 is 9.84 Å². The van der Waals surface area contributed by atoms with Crippen molar-refractivity contribution >= 4 is 5.97 Å². The van der Waals surface area contributed by atoms with Gasteiger partial charge >= 0.3 is 5.97 Å². The topological polar surface area (TPSA) is 46.5 Å². The Kier molecular flexibility index (Phi) is 6.41. The highest BCUT2D eigenvalue weighted by Gasteiger charge is 2.11. The Bertz CT molecular complexity index is 957. The van der Waals surface area contributed by atoms with Crippen molar-refractivity contribution in [1.82, 2.24) is 0 Å². The molecule has 0 saturated heterocycles. The third-order valence-electron chi connectivity index (χ3n) is 4.59. The van der Waals surface area contributed by atoms with Crippen LogP contribution in [0.25, 0.3) is 22.3 Å². The van der Waals surface area contributed by atoms with E-state index in [1.54, 1.807) is 6.92 Å². The molecule has 0 aliphatic heterocycles. The molecule has 1 N–H and O–H groups in total. The third kappa shape index (κ3) is 4.76. The van der Waals surface area contributed by atoms with Crippen molar-refractivity contribution in [3.05, 3.63) is 96.1 Å². The lowest BCUT2D eigenvalue weighted by atomic mass is 9.95. The molecule has 3 rings (SSSR count). The zero-order chi connectivity index (χ0) is 19.9. The minimum Gasteiger partial charge on any atom is -0.457 e. The van der Waals surface area contributed by atoms with Crippen LogP contribution < -0.4 is 0 Å². The maximum absolute atomic E-state index is 11.9. The summed E-state index contributed by atoms with van der Waals surface area (Å²) in [5.41, 5.74) is 6.67. The zero-order valence-corrected chi connectivity index (χ0v) is 16.0. The van der Waals surface area contributed by atoms with Crippen molar-refractivity contribution < 1.29 is 14.6 Å². The van der Waals surface area contributed by atoms with Crippen molar-refractivity contribution in [2.75, 3.05) is 6.61 Å². The predicted molar refractivity (Wildman–Crippen MR) is 113 cm³/mol. The highest BCUT2D eigenvalue weighted by Crippen LogP contribution is 2.30. The number of carbonyl (C=O) groups is 1. The molecule has 0 aromatic heterocycles. The second kappa shape index (κ2) is 9.16. The van der Waals surface area contributed by atoms with E-state index < -0.39 is 5.97 Å². The van der Waals surface area contributed by atoms with E-state index in [0.29, 0.717) is 12.0 Å². The minimum atomic E-state index is -0.391. The number of carbonyl (C=O) groups excluding carboxylic acids is 1. The van der Waals surface area contributed by atoms with Crippen LogP contribution in [0.5, 0.6) is 0 Å². The number of benzene rings is 3. The highest BCUT2D eigenvalue weighted by atomic mass is 16.5. The Morgan fingerprint density at radius 2 is 1.61 bits per heavy atom. The third-order valence-corrected chi connectivity index (χ3v) is 4.59. The molecule has 0 spiro atoms. The smallest absolute Gasteiger partial charge is 0.333 e. The van der Waals surface area contributed by atoms with Crippen molar-refractivity contribution in [3.63, 3.8) is 0 Å². The van der Waals surface area contributed by atoms with Crippen LogP contribution in [0.3, 0.4) is 0 Å². The van der Waals surface area contributed by atoms with Gasteiger partial charge in [0.05, 0.1) is 0 Å². The lowest BCUT2D eigenvalue weighted by molar-refractivity contribution is -0.140. The summed E-state index contributed by atoms with van der Waals surface area (Å²) in [6, 6.07) is 24.4. The largest absolute Gasteiger partial charge is 0.457 e. The van der Waals surface area contributed by atoms with Crippen LogP contribution >= 0.6 is 0 Å². The van der Waals surface area contributed by atoms with Crippen molar-refractivity contribution in [2.24, 2.45) is 0 Å². The first-order valence-corrected chi connectivity index (χ1v) is 9.29. The standard InChI is InChI=1S/C25H24O3/c1-18(2)25(27)28-17-23-16-22(20-10-8-19(9-11-20)14-15-26)12-13-24(23)21-6-4-3-5-7-21/h3-13,16,26H,1,14-15,17H2,2H3. The van der Waals surface area contributed by atoms with Crippen LogP contribution in [0, 0.1) is 0 Å². The van der Waals surface area contributed by atoms with Gasteiger partial charge in [0.2, 0.25) is 0 Å². The van der Waals surface area contributed by atoms with Gasteiger partial charge in [-0.1, -0.05) is 73.3 Å². The van der Waals surface area contributed by atoms with Gasteiger partial charge in [-0.25, -0.2) is 4.79 Å². The maximum atomic E-state index is 11.9. The molecule has 0 saturated carbocycles. The number of hydrogen-bond acceptors (Lipinski definition) is 3. The summed E-state index contributed by atoms with van der Waals surface area (Å²) in [7, 11) is 0. The van der Waals surface area contributed by atoms with Crippen LogP contribution in [0.2, 0.25) is 0 Å². The van der Waals surface area contributed by atoms with E-state index in [1.165, 1.54) is 0 Å². The average Bonchev–Trinajstić information content (AvgIpc) is 2.73. The molecule has 0 fully saturated rings. The van der Waals surface area contributed by atoms with Crippen molar-refractivity contribution in [2.45, 2.75) is 20.0 Å². The van der Waals surface area contributed by atoms with E-state index in [1.807, 2.05) is 54.6 Å². The van der Waals surface area contributed by atoms with E-state index in [4.69, 9.17) is 9.84 Å². The summed E-state index contributed by atoms with van der Waals surface area (Å²) in [6.07, 6.45) is 0.648. The average molecular weight is 372 g/mol. The molecule has 28 heavy (non-hydrogen) atoms. The molecule has 0 aliphatic carbocycles. The van der Waals surface area contributed by atoms with Gasteiger partial charge in [-0.15, -0.1) is 0 Å². The quantitative estimate of drug-likeness (QED) is 0.459. The van der Waals surface area contributed by atoms with Crippen LogP contribution in [-0.4, -0.2) is 17.7 Å². The molecule has 0 aliphatic rings. The van der Waals surface area contributed by atoms with E-state index in [2.05, 4.69) is 24.8 Å². The molecule has 3 heteroatoms. The van der Waals surface area contributed by atoms with Crippen LogP contribution in [0.4, 0.5) is 0 Å². The molecule has 0 heterocycles. The summed E-state index contributed by atoms with van der Waals surface area (Å²) in [6.45, 7) is 5.62. The first-order chi connectivity index (χ1) is 13.6. The second-order valence-electron chi connectivity index (χ2n) is 6.76. The number of aliphatic hydroxyl groups is 1. The molecule has 3 aromatic carbocycles. The Balaban J connectivity index is 1.95. The van der Waals surface area contributed by atoms with Gasteiger partial charge in [0, 0.05) is 12.2 Å². The second-order valence-corrected chi connectivity index (χ2v) is 6.76. The van der Waals surface area contributed by atoms with Gasteiger partial charge in [0.1, 0.15) is 6.61 Å². The fourth-order valence-corrected chi connectivity index (χ4v) is 3.05. The van der Waals surface area contributed by atoms with E-state index in [0.717, 1.165) is 33.4 Å². The van der Waals surface area contributed by atoms with Crippen molar-refractivity contribution in [3.8, 4) is 22.3 Å². The minimum absolute atomic E-state index is 0.142. The SMILES string of the molecule is C=C(C)C(=O)OCc1cc(-c2ccc(CCO)cc2)ccc1-c1ccccc1. The predicted octanol–water partition coefficient (Wildman–Crippen LogP) is 5.17. The van der Waals surface area contributed by atoms with Crippen LogP contribution in [0.1, 0.15) is 18.1 Å². The fraction of sp³-hybridized carbons (Fsp3) is 0.160. The molecule has 0 unspecified atom stereocenters. The summed E-state index contributed by atoms with van der Waals surface area (Å²) in [4.78, 5) is 11.9. The summed E-state index contributed by atoms with van der Waals surface area (Å²) < 4.78 is 5.43. The van der Waals surface area contributed by atoms with Crippen molar-refractivity contribution in [1.29, 1.82) is 0 Å². The van der Waals surface area contributed by atoms with Gasteiger partial charge in [-0.05, 0) is 52.8 Å². The normalized spacial score (nSPS) is 10.5. The Morgan fingerprint density at radius 3 is 2.25 bits per heavy atom. The maximum Gasteiger partial charge on any atom is 0.333 e. The Labute approximate surface area is 165 Å². The fourth-order valence-electron chi connectivity index (χ4n) is 3.05. The molecule has 3 nitrogen and oxygen atoms in total. The highest BCUT2D eigenvalue weighted by molar-refractivity contribution is 5.87. The van der Waals surface area contributed by atoms with E-state index >= 15 is 0 Å². The number of aliphatic hydroxyl groups excluding tert-OH is 1. The summed E-state index contributed by atoms with van der Waals surface area (Å²) in [5, 5.41) is 9.08. The molecule has 0 atom stereocenters. The van der Waals surface area contributed by atoms with Crippen LogP contribution in [0.15, 0.2) is 84.9 Å². The number of esters is 1. The molecular weight excluding hydrogens is 348 g/mol. The molecule has 0 radical (unpaired) electrons. The van der Waals surface area contributed by atoms with Gasteiger partial charge in [-0.2, -0.15) is 0 Å².